The highest BCUT2D eigenvalue weighted by Gasteiger charge is 2.12. The topological polar surface area (TPSA) is 82.5 Å². The molecule has 0 aromatic carbocycles. The summed E-state index contributed by atoms with van der Waals surface area (Å²) in [5.74, 6) is 1.40. The van der Waals surface area contributed by atoms with E-state index >= 15 is 0 Å². The molecule has 3 aromatic rings. The van der Waals surface area contributed by atoms with Crippen LogP contribution in [0, 0.1) is 13.8 Å². The van der Waals surface area contributed by atoms with Crippen molar-refractivity contribution in [3.63, 3.8) is 0 Å². The molecule has 0 aliphatic heterocycles. The molecular weight excluding hydrogens is 292 g/mol. The molecular formula is C12H14N6S2. The van der Waals surface area contributed by atoms with E-state index in [1.165, 1.54) is 16.8 Å². The Morgan fingerprint density at radius 1 is 1.35 bits per heavy atom. The molecule has 3 rings (SSSR count). The lowest BCUT2D eigenvalue weighted by Crippen LogP contribution is -2.02. The number of nitrogens with zero attached hydrogens (tertiary/aromatic N) is 5. The number of anilines is 1. The number of fused-ring (bicyclic) bond motifs is 1. The molecule has 0 fully saturated rings. The molecule has 6 nitrogen and oxygen atoms in total. The van der Waals surface area contributed by atoms with E-state index in [4.69, 9.17) is 5.73 Å². The molecule has 104 valence electrons. The highest BCUT2D eigenvalue weighted by Crippen LogP contribution is 2.33. The van der Waals surface area contributed by atoms with Gasteiger partial charge < -0.3 is 5.73 Å². The molecule has 20 heavy (non-hydrogen) atoms. The first-order valence-electron chi connectivity index (χ1n) is 6.13. The van der Waals surface area contributed by atoms with Gasteiger partial charge in [-0.2, -0.15) is 5.10 Å². The molecule has 0 unspecified atom stereocenters. The van der Waals surface area contributed by atoms with Crippen molar-refractivity contribution in [2.45, 2.75) is 25.5 Å². The fraction of sp³-hybridized carbons (Fsp3) is 0.333. The largest absolute Gasteiger partial charge is 0.383 e. The molecule has 0 amide bonds. The third-order valence-corrected chi connectivity index (χ3v) is 4.98. The number of thiophene rings is 1. The minimum Gasteiger partial charge on any atom is -0.383 e. The summed E-state index contributed by atoms with van der Waals surface area (Å²) in [4.78, 5) is 15.1. The lowest BCUT2D eigenvalue weighted by molar-refractivity contribution is 0.664. The zero-order valence-corrected chi connectivity index (χ0v) is 12.8. The molecule has 0 spiro atoms. The van der Waals surface area contributed by atoms with Gasteiger partial charge in [0.1, 0.15) is 23.3 Å². The predicted octanol–water partition coefficient (Wildman–Crippen LogP) is 2.27. The summed E-state index contributed by atoms with van der Waals surface area (Å²) in [5, 5.41) is 5.77. The van der Waals surface area contributed by atoms with Gasteiger partial charge in [-0.1, -0.05) is 11.8 Å². The third kappa shape index (κ3) is 2.48. The second-order valence-corrected chi connectivity index (χ2v) is 6.63. The van der Waals surface area contributed by atoms with Gasteiger partial charge in [0.2, 0.25) is 0 Å². The molecule has 0 aliphatic carbocycles. The van der Waals surface area contributed by atoms with Crippen LogP contribution in [0.2, 0.25) is 0 Å². The Labute approximate surface area is 124 Å². The maximum absolute atomic E-state index is 6.05. The maximum atomic E-state index is 6.05. The average molecular weight is 306 g/mol. The highest BCUT2D eigenvalue weighted by molar-refractivity contribution is 7.99. The van der Waals surface area contributed by atoms with E-state index in [2.05, 4.69) is 33.9 Å². The van der Waals surface area contributed by atoms with Crippen LogP contribution in [0.5, 0.6) is 0 Å². The highest BCUT2D eigenvalue weighted by atomic mass is 32.2. The van der Waals surface area contributed by atoms with E-state index < -0.39 is 0 Å². The summed E-state index contributed by atoms with van der Waals surface area (Å²) in [7, 11) is 0. The number of aryl methyl sites for hydroxylation is 3. The van der Waals surface area contributed by atoms with Gasteiger partial charge in [0.05, 0.1) is 11.9 Å². The Morgan fingerprint density at radius 3 is 2.95 bits per heavy atom. The Kier molecular flexibility index (Phi) is 3.58. The van der Waals surface area contributed by atoms with Gasteiger partial charge in [0, 0.05) is 10.6 Å². The number of rotatable bonds is 4. The van der Waals surface area contributed by atoms with Crippen molar-refractivity contribution in [1.29, 1.82) is 0 Å². The van der Waals surface area contributed by atoms with E-state index in [-0.39, 0.29) is 0 Å². The first kappa shape index (κ1) is 13.3. The first-order valence-corrected chi connectivity index (χ1v) is 7.94. The van der Waals surface area contributed by atoms with Gasteiger partial charge in [0.15, 0.2) is 5.16 Å². The van der Waals surface area contributed by atoms with Crippen molar-refractivity contribution in [2.24, 2.45) is 0 Å². The number of hydrogen-bond acceptors (Lipinski definition) is 7. The smallest absolute Gasteiger partial charge is 0.190 e. The van der Waals surface area contributed by atoms with Crippen LogP contribution in [0.25, 0.3) is 10.2 Å². The summed E-state index contributed by atoms with van der Waals surface area (Å²) in [6.07, 6.45) is 3.23. The minimum atomic E-state index is 0.570. The average Bonchev–Trinajstić information content (AvgIpc) is 2.99. The fourth-order valence-corrected chi connectivity index (χ4v) is 3.78. The van der Waals surface area contributed by atoms with Crippen LogP contribution in [-0.4, -0.2) is 30.5 Å². The van der Waals surface area contributed by atoms with E-state index in [0.29, 0.717) is 5.82 Å². The van der Waals surface area contributed by atoms with Gasteiger partial charge in [-0.05, 0) is 19.4 Å². The molecule has 0 saturated heterocycles. The quantitative estimate of drug-likeness (QED) is 0.588. The van der Waals surface area contributed by atoms with Crippen molar-refractivity contribution >= 4 is 39.1 Å². The summed E-state index contributed by atoms with van der Waals surface area (Å²) < 4.78 is 1.79. The zero-order chi connectivity index (χ0) is 14.1. The molecule has 0 bridgehead atoms. The van der Waals surface area contributed by atoms with Crippen LogP contribution >= 0.6 is 23.1 Å². The molecule has 0 saturated carbocycles. The van der Waals surface area contributed by atoms with Gasteiger partial charge in [-0.15, -0.1) is 11.3 Å². The monoisotopic (exact) mass is 306 g/mol. The van der Waals surface area contributed by atoms with Crippen molar-refractivity contribution in [2.75, 3.05) is 11.5 Å². The Bertz CT molecular complexity index is 734. The fourth-order valence-electron chi connectivity index (χ4n) is 1.90. The molecule has 0 atom stereocenters. The van der Waals surface area contributed by atoms with E-state index in [1.54, 1.807) is 34.1 Å². The Morgan fingerprint density at radius 2 is 2.20 bits per heavy atom. The van der Waals surface area contributed by atoms with Crippen LogP contribution < -0.4 is 5.73 Å². The third-order valence-electron chi connectivity index (χ3n) is 3.05. The summed E-state index contributed by atoms with van der Waals surface area (Å²) in [6, 6.07) is 0. The van der Waals surface area contributed by atoms with Crippen LogP contribution in [0.3, 0.4) is 0 Å². The van der Waals surface area contributed by atoms with E-state index in [9.17, 15) is 0 Å². The van der Waals surface area contributed by atoms with Gasteiger partial charge in [-0.3, -0.25) is 4.68 Å². The summed E-state index contributed by atoms with van der Waals surface area (Å²) in [5.41, 5.74) is 7.23. The van der Waals surface area contributed by atoms with Gasteiger partial charge >= 0.3 is 0 Å². The lowest BCUT2D eigenvalue weighted by atomic mass is 10.2. The number of nitrogens with two attached hydrogens (primary N) is 1. The van der Waals surface area contributed by atoms with Gasteiger partial charge in [-0.25, -0.2) is 15.0 Å². The Hall–Kier alpha value is -1.67. The van der Waals surface area contributed by atoms with Crippen molar-refractivity contribution in [3.8, 4) is 0 Å². The summed E-state index contributed by atoms with van der Waals surface area (Å²) >= 11 is 3.24. The van der Waals surface area contributed by atoms with Crippen LogP contribution in [0.1, 0.15) is 10.4 Å². The number of thioether (sulfide) groups is 1. The van der Waals surface area contributed by atoms with Crippen molar-refractivity contribution in [3.05, 3.63) is 23.1 Å². The second kappa shape index (κ2) is 5.37. The molecule has 2 N–H and O–H groups in total. The molecule has 3 aromatic heterocycles. The number of hydrogen-bond donors (Lipinski definition) is 1. The SMILES string of the molecule is Cc1sc2nc(SCCn3cncn3)nc(N)c2c1C. The summed E-state index contributed by atoms with van der Waals surface area (Å²) in [6.45, 7) is 4.92. The zero-order valence-electron chi connectivity index (χ0n) is 11.2. The normalized spacial score (nSPS) is 11.3. The van der Waals surface area contributed by atoms with Crippen LogP contribution in [0.15, 0.2) is 17.8 Å². The van der Waals surface area contributed by atoms with Gasteiger partial charge in [0.25, 0.3) is 0 Å². The first-order chi connectivity index (χ1) is 9.65. The van der Waals surface area contributed by atoms with Crippen LogP contribution in [-0.2, 0) is 6.54 Å². The second-order valence-electron chi connectivity index (χ2n) is 4.36. The molecule has 3 heterocycles. The standard InChI is InChI=1S/C12H14N6S2/c1-7-8(2)20-11-9(7)10(13)16-12(17-11)19-4-3-18-6-14-5-15-18/h5-6H,3-4H2,1-2H3,(H2,13,16,17). The molecule has 0 aliphatic rings. The lowest BCUT2D eigenvalue weighted by Gasteiger charge is -2.03. The van der Waals surface area contributed by atoms with E-state index in [0.717, 1.165) is 27.7 Å². The molecule has 0 radical (unpaired) electrons. The van der Waals surface area contributed by atoms with Crippen LogP contribution in [0.4, 0.5) is 5.82 Å². The predicted molar refractivity (Wildman–Crippen MR) is 82.0 cm³/mol. The van der Waals surface area contributed by atoms with Crippen molar-refractivity contribution < 1.29 is 0 Å². The minimum absolute atomic E-state index is 0.570. The molecule has 8 heteroatoms. The Balaban J connectivity index is 1.78. The van der Waals surface area contributed by atoms with Crippen molar-refractivity contribution in [1.82, 2.24) is 24.7 Å². The van der Waals surface area contributed by atoms with E-state index in [1.807, 2.05) is 0 Å². The maximum Gasteiger partial charge on any atom is 0.190 e. The number of nitrogen functional groups attached to an aromatic ring is 1. The number of aromatic nitrogens is 5.